The Morgan fingerprint density at radius 3 is 2.67 bits per heavy atom. The molecule has 0 N–H and O–H groups in total. The molecule has 1 rings (SSSR count). The van der Waals surface area contributed by atoms with Gasteiger partial charge in [-0.05, 0) is 12.8 Å². The summed E-state index contributed by atoms with van der Waals surface area (Å²) in [7, 11) is 3.78. The van der Waals surface area contributed by atoms with Crippen LogP contribution in [0.2, 0.25) is 0 Å². The predicted molar refractivity (Wildman–Crippen MR) is 49.0 cm³/mol. The van der Waals surface area contributed by atoms with Crippen LogP contribution in [-0.4, -0.2) is 24.1 Å². The van der Waals surface area contributed by atoms with Crippen molar-refractivity contribution < 1.29 is 0 Å². The van der Waals surface area contributed by atoms with Crippen LogP contribution in [0, 0.1) is 19.3 Å². The Morgan fingerprint density at radius 1 is 1.50 bits per heavy atom. The van der Waals surface area contributed by atoms with E-state index in [1.807, 2.05) is 25.9 Å². The molecule has 0 radical (unpaired) electrons. The molecule has 0 unspecified atom stereocenters. The van der Waals surface area contributed by atoms with E-state index in [0.29, 0.717) is 5.69 Å². The summed E-state index contributed by atoms with van der Waals surface area (Å²) in [5, 5.41) is 0. The largest absolute Gasteiger partial charge is 0.360 e. The van der Waals surface area contributed by atoms with Gasteiger partial charge in [-0.1, -0.05) is 0 Å². The van der Waals surface area contributed by atoms with Gasteiger partial charge in [0.05, 0.1) is 11.9 Å². The Kier molecular flexibility index (Phi) is 2.29. The number of aromatic nitrogens is 2. The number of aryl methyl sites for hydroxylation is 1. The smallest absolute Gasteiger partial charge is 0.162 e. The van der Waals surface area contributed by atoms with Crippen molar-refractivity contribution >= 4 is 5.82 Å². The number of rotatable bonds is 1. The number of hydrogen-bond donors (Lipinski definition) is 0. The Bertz CT molecular complexity index is 323. The molecule has 62 valence electrons. The van der Waals surface area contributed by atoms with Crippen molar-refractivity contribution in [2.24, 2.45) is 0 Å². The third kappa shape index (κ3) is 1.54. The van der Waals surface area contributed by atoms with Crippen LogP contribution in [-0.2, 0) is 0 Å². The fourth-order valence-corrected chi connectivity index (χ4v) is 0.895. The molecule has 3 heteroatoms. The van der Waals surface area contributed by atoms with E-state index in [-0.39, 0.29) is 0 Å². The topological polar surface area (TPSA) is 29.0 Å². The van der Waals surface area contributed by atoms with Crippen LogP contribution in [0.4, 0.5) is 5.82 Å². The normalized spacial score (nSPS) is 9.17. The van der Waals surface area contributed by atoms with E-state index >= 15 is 0 Å². The molecule has 0 saturated heterocycles. The van der Waals surface area contributed by atoms with Gasteiger partial charge in [-0.3, -0.25) is 0 Å². The van der Waals surface area contributed by atoms with E-state index in [0.717, 1.165) is 11.5 Å². The Balaban J connectivity index is 3.23. The van der Waals surface area contributed by atoms with Gasteiger partial charge >= 0.3 is 0 Å². The number of terminal acetylenes is 1. The molecule has 0 spiro atoms. The van der Waals surface area contributed by atoms with Gasteiger partial charge in [0, 0.05) is 14.1 Å². The average molecular weight is 161 g/mol. The maximum absolute atomic E-state index is 5.28. The van der Waals surface area contributed by atoms with Gasteiger partial charge in [0.25, 0.3) is 0 Å². The van der Waals surface area contributed by atoms with Gasteiger partial charge in [0.1, 0.15) is 0 Å². The van der Waals surface area contributed by atoms with Crippen LogP contribution >= 0.6 is 0 Å². The first-order valence-electron chi connectivity index (χ1n) is 3.62. The fourth-order valence-electron chi connectivity index (χ4n) is 0.895. The van der Waals surface area contributed by atoms with Crippen molar-refractivity contribution in [2.45, 2.75) is 6.92 Å². The first-order valence-corrected chi connectivity index (χ1v) is 3.62. The quantitative estimate of drug-likeness (QED) is 0.571. The summed E-state index contributed by atoms with van der Waals surface area (Å²) in [6.45, 7) is 1.87. The minimum absolute atomic E-state index is 0.597. The summed E-state index contributed by atoms with van der Waals surface area (Å²) in [6.07, 6.45) is 6.98. The van der Waals surface area contributed by atoms with Crippen molar-refractivity contribution in [2.75, 3.05) is 19.0 Å². The molecule has 0 aliphatic rings. The molecule has 0 amide bonds. The molecule has 1 aromatic heterocycles. The van der Waals surface area contributed by atoms with Crippen LogP contribution in [0.25, 0.3) is 0 Å². The summed E-state index contributed by atoms with van der Waals surface area (Å²) >= 11 is 0. The molecule has 12 heavy (non-hydrogen) atoms. The molecule has 0 bridgehead atoms. The van der Waals surface area contributed by atoms with E-state index in [9.17, 15) is 0 Å². The summed E-state index contributed by atoms with van der Waals surface area (Å²) in [5.41, 5.74) is 1.44. The molecule has 0 aliphatic heterocycles. The summed E-state index contributed by atoms with van der Waals surface area (Å²) < 4.78 is 0. The lowest BCUT2D eigenvalue weighted by Gasteiger charge is -2.12. The SMILES string of the molecule is C#Cc1nc(C)cnc1N(C)C. The van der Waals surface area contributed by atoms with Crippen molar-refractivity contribution in [3.8, 4) is 12.3 Å². The number of hydrogen-bond acceptors (Lipinski definition) is 3. The summed E-state index contributed by atoms with van der Waals surface area (Å²) in [5.74, 6) is 3.24. The van der Waals surface area contributed by atoms with Gasteiger partial charge in [0.15, 0.2) is 11.5 Å². The standard InChI is InChI=1S/C9H11N3/c1-5-8-9(12(3)4)10-6-7(2)11-8/h1,6H,2-4H3. The molecule has 0 atom stereocenters. The molecule has 3 nitrogen and oxygen atoms in total. The predicted octanol–water partition coefficient (Wildman–Crippen LogP) is 0.832. The second kappa shape index (κ2) is 3.22. The highest BCUT2D eigenvalue weighted by Crippen LogP contribution is 2.10. The Morgan fingerprint density at radius 2 is 2.17 bits per heavy atom. The highest BCUT2D eigenvalue weighted by molar-refractivity contribution is 5.49. The van der Waals surface area contributed by atoms with Crippen molar-refractivity contribution in [3.63, 3.8) is 0 Å². The molecular formula is C9H11N3. The van der Waals surface area contributed by atoms with Crippen molar-refractivity contribution in [1.82, 2.24) is 9.97 Å². The van der Waals surface area contributed by atoms with Crippen molar-refractivity contribution in [1.29, 1.82) is 0 Å². The molecule has 0 aromatic carbocycles. The van der Waals surface area contributed by atoms with E-state index in [4.69, 9.17) is 6.42 Å². The minimum Gasteiger partial charge on any atom is -0.360 e. The third-order valence-electron chi connectivity index (χ3n) is 1.43. The van der Waals surface area contributed by atoms with Gasteiger partial charge in [-0.25, -0.2) is 9.97 Å². The van der Waals surface area contributed by atoms with Crippen LogP contribution in [0.15, 0.2) is 6.20 Å². The first-order chi connectivity index (χ1) is 5.65. The van der Waals surface area contributed by atoms with Gasteiger partial charge in [-0.2, -0.15) is 0 Å². The lowest BCUT2D eigenvalue weighted by molar-refractivity contribution is 1.01. The van der Waals surface area contributed by atoms with E-state index in [1.165, 1.54) is 0 Å². The summed E-state index contributed by atoms with van der Waals surface area (Å²) in [6, 6.07) is 0. The van der Waals surface area contributed by atoms with E-state index < -0.39 is 0 Å². The molecule has 0 fully saturated rings. The lowest BCUT2D eigenvalue weighted by Crippen LogP contribution is -2.13. The zero-order valence-electron chi connectivity index (χ0n) is 7.50. The van der Waals surface area contributed by atoms with Gasteiger partial charge in [-0.15, -0.1) is 6.42 Å². The van der Waals surface area contributed by atoms with E-state index in [2.05, 4.69) is 15.9 Å². The zero-order valence-corrected chi connectivity index (χ0v) is 7.50. The average Bonchev–Trinajstić information content (AvgIpc) is 2.03. The Hall–Kier alpha value is -1.56. The zero-order chi connectivity index (χ0) is 9.14. The van der Waals surface area contributed by atoms with Crippen LogP contribution in [0.3, 0.4) is 0 Å². The lowest BCUT2D eigenvalue weighted by atomic mass is 10.3. The number of anilines is 1. The molecule has 1 heterocycles. The second-order valence-corrected chi connectivity index (χ2v) is 2.72. The van der Waals surface area contributed by atoms with Crippen LogP contribution in [0.5, 0.6) is 0 Å². The Labute approximate surface area is 72.5 Å². The highest BCUT2D eigenvalue weighted by Gasteiger charge is 2.04. The monoisotopic (exact) mass is 161 g/mol. The van der Waals surface area contributed by atoms with E-state index in [1.54, 1.807) is 6.20 Å². The molecule has 1 aromatic rings. The minimum atomic E-state index is 0.597. The highest BCUT2D eigenvalue weighted by atomic mass is 15.1. The first kappa shape index (κ1) is 8.54. The molecular weight excluding hydrogens is 150 g/mol. The van der Waals surface area contributed by atoms with Crippen molar-refractivity contribution in [3.05, 3.63) is 17.6 Å². The van der Waals surface area contributed by atoms with Gasteiger partial charge < -0.3 is 4.90 Å². The van der Waals surface area contributed by atoms with Crippen LogP contribution < -0.4 is 4.90 Å². The molecule has 0 aliphatic carbocycles. The second-order valence-electron chi connectivity index (χ2n) is 2.72. The maximum Gasteiger partial charge on any atom is 0.162 e. The third-order valence-corrected chi connectivity index (χ3v) is 1.43. The van der Waals surface area contributed by atoms with Gasteiger partial charge in [0.2, 0.25) is 0 Å². The molecule has 0 saturated carbocycles. The maximum atomic E-state index is 5.28. The fraction of sp³-hybridized carbons (Fsp3) is 0.333. The van der Waals surface area contributed by atoms with Crippen LogP contribution in [0.1, 0.15) is 11.4 Å². The number of nitrogens with zero attached hydrogens (tertiary/aromatic N) is 3. The summed E-state index contributed by atoms with van der Waals surface area (Å²) in [4.78, 5) is 10.2.